The number of benzene rings is 4. The third-order valence-corrected chi connectivity index (χ3v) is 18.9. The summed E-state index contributed by atoms with van der Waals surface area (Å²) >= 11 is 0. The molecule has 2 aromatic heterocycles. The number of aromatic nitrogens is 2. The Morgan fingerprint density at radius 1 is 0.948 bits per heavy atom. The van der Waals surface area contributed by atoms with E-state index in [1.54, 1.807) is 30.6 Å². The fraction of sp³-hybridized carbons (Fsp3) is 0.467. The van der Waals surface area contributed by atoms with Crippen LogP contribution >= 0.6 is 0 Å². The van der Waals surface area contributed by atoms with E-state index in [1.807, 2.05) is 19.1 Å². The number of nitrogens with zero attached hydrogens (tertiary/aromatic N) is 5. The van der Waals surface area contributed by atoms with E-state index in [1.165, 1.54) is 34.4 Å². The zero-order chi connectivity index (χ0) is 53.9. The number of fused-ring (bicyclic) bond motifs is 2. The SMILES string of the molecule is CC(C)c1ccccc1[C@@H]1CN(Cc2ccc3c(c2)OCC3(C)C)CCN1C1CC2(CCN(c3ccc(C(=O)NS(=O)(=O)c4ccc(NC[C@H]5CC[C@](C)(O)CC5)c([N+](=O)[O-])c4)c(Oc4cnc5[nH]ccc5c4)c3)CC2)C1. The van der Waals surface area contributed by atoms with Gasteiger partial charge in [0.05, 0.1) is 33.8 Å². The molecule has 6 aromatic rings. The average Bonchev–Trinajstić information content (AvgIpc) is 4.06. The number of hydrogen-bond acceptors (Lipinski definition) is 13. The van der Waals surface area contributed by atoms with Crippen molar-refractivity contribution in [2.45, 2.75) is 126 Å². The number of aliphatic hydroxyl groups is 1. The molecule has 2 aliphatic carbocycles. The summed E-state index contributed by atoms with van der Waals surface area (Å²) in [6, 6.07) is 29.0. The minimum absolute atomic E-state index is 0.0277. The van der Waals surface area contributed by atoms with Crippen molar-refractivity contribution in [1.29, 1.82) is 0 Å². The van der Waals surface area contributed by atoms with E-state index in [4.69, 9.17) is 9.47 Å². The summed E-state index contributed by atoms with van der Waals surface area (Å²) in [6.07, 6.45) is 10.4. The van der Waals surface area contributed by atoms with Crippen molar-refractivity contribution in [1.82, 2.24) is 24.5 Å². The highest BCUT2D eigenvalue weighted by molar-refractivity contribution is 7.90. The lowest BCUT2D eigenvalue weighted by atomic mass is 9.59. The highest BCUT2D eigenvalue weighted by Gasteiger charge is 2.50. The Morgan fingerprint density at radius 2 is 1.73 bits per heavy atom. The van der Waals surface area contributed by atoms with E-state index in [9.17, 15) is 28.4 Å². The number of aromatic amines is 1. The van der Waals surface area contributed by atoms with Gasteiger partial charge in [-0.3, -0.25) is 24.7 Å². The van der Waals surface area contributed by atoms with Gasteiger partial charge in [-0.25, -0.2) is 18.1 Å². The predicted molar refractivity (Wildman–Crippen MR) is 299 cm³/mol. The van der Waals surface area contributed by atoms with Crippen molar-refractivity contribution in [3.8, 4) is 17.2 Å². The number of H-pyrrole nitrogens is 1. The molecule has 0 unspecified atom stereocenters. The number of pyridine rings is 1. The molecule has 1 amide bonds. The average molecular weight is 1070 g/mol. The number of anilines is 2. The van der Waals surface area contributed by atoms with Gasteiger partial charge in [0, 0.05) is 98.3 Å². The summed E-state index contributed by atoms with van der Waals surface area (Å²) in [7, 11) is -4.59. The number of amides is 1. The standard InChI is InChI=1S/C60H72N8O8S/c1-39(2)47-8-6-7-9-48(47)53-37-65(36-41-10-14-50-55(28-41)75-38-58(50,3)4)26-27-67(53)44-32-60(33-44)21-24-66(25-22-60)43-11-13-49(54(30-43)76-45-29-42-18-23-61-56(42)63-35-45)57(69)64-77(73,74)46-12-15-51(52(31-46)68(71)72)62-34-40-16-19-59(5,70)20-17-40/h6-15,18,23,28-31,35,39-40,44,53,62,70H,16-17,19-22,24-27,32-34,36-38H2,1-5H3,(H,61,63)(H,64,69)/t40-,53-,59-/m0/s1. The van der Waals surface area contributed by atoms with Crippen LogP contribution in [0.25, 0.3) is 11.0 Å². The summed E-state index contributed by atoms with van der Waals surface area (Å²) < 4.78 is 42.5. The lowest BCUT2D eigenvalue weighted by Crippen LogP contribution is -2.60. The topological polar surface area (TPSA) is 195 Å². The van der Waals surface area contributed by atoms with Gasteiger partial charge in [-0.15, -0.1) is 0 Å². The largest absolute Gasteiger partial charge is 0.492 e. The smallest absolute Gasteiger partial charge is 0.293 e. The van der Waals surface area contributed by atoms with E-state index < -0.39 is 37.0 Å². The molecular weight excluding hydrogens is 993 g/mol. The zero-order valence-corrected chi connectivity index (χ0v) is 45.7. The van der Waals surface area contributed by atoms with E-state index in [2.05, 4.69) is 105 Å². The van der Waals surface area contributed by atoms with Crippen LogP contribution in [-0.4, -0.2) is 102 Å². The van der Waals surface area contributed by atoms with E-state index >= 15 is 0 Å². The molecule has 16 nitrogen and oxygen atoms in total. The van der Waals surface area contributed by atoms with Gasteiger partial charge in [-0.1, -0.05) is 64.1 Å². The fourth-order valence-electron chi connectivity index (χ4n) is 12.9. The third kappa shape index (κ3) is 11.0. The number of nitro benzene ring substituents is 1. The molecule has 4 N–H and O–H groups in total. The normalized spacial score (nSPS) is 22.6. The Balaban J connectivity index is 0.776. The molecule has 17 heteroatoms. The maximum absolute atomic E-state index is 14.1. The van der Waals surface area contributed by atoms with Crippen LogP contribution < -0.4 is 24.4 Å². The highest BCUT2D eigenvalue weighted by Crippen LogP contribution is 2.54. The first-order valence-corrected chi connectivity index (χ1v) is 28.9. The van der Waals surface area contributed by atoms with Crippen LogP contribution in [0.4, 0.5) is 17.1 Å². The monoisotopic (exact) mass is 1060 g/mol. The molecule has 4 aromatic carbocycles. The summed E-state index contributed by atoms with van der Waals surface area (Å²) in [4.78, 5) is 40.7. The minimum Gasteiger partial charge on any atom is -0.492 e. The van der Waals surface area contributed by atoms with Gasteiger partial charge in [0.1, 0.15) is 28.6 Å². The molecule has 4 fully saturated rings. The van der Waals surface area contributed by atoms with Crippen LogP contribution in [-0.2, 0) is 22.0 Å². The molecule has 1 atom stereocenters. The second kappa shape index (κ2) is 20.7. The molecule has 0 bridgehead atoms. The number of sulfonamides is 1. The van der Waals surface area contributed by atoms with E-state index in [0.717, 1.165) is 101 Å². The van der Waals surface area contributed by atoms with E-state index in [0.29, 0.717) is 49.3 Å². The molecule has 406 valence electrons. The Kier molecular flexibility index (Phi) is 14.1. The van der Waals surface area contributed by atoms with Crippen LogP contribution in [0.1, 0.15) is 131 Å². The van der Waals surface area contributed by atoms with Crippen molar-refractivity contribution >= 4 is 44.0 Å². The lowest BCUT2D eigenvalue weighted by molar-refractivity contribution is -0.384. The summed E-state index contributed by atoms with van der Waals surface area (Å²) in [5, 5.41) is 26.5. The highest BCUT2D eigenvalue weighted by atomic mass is 32.2. The first-order valence-electron chi connectivity index (χ1n) is 27.5. The maximum atomic E-state index is 14.1. The number of ether oxygens (including phenoxy) is 2. The molecule has 2 saturated carbocycles. The van der Waals surface area contributed by atoms with Gasteiger partial charge in [-0.05, 0) is 135 Å². The van der Waals surface area contributed by atoms with Crippen molar-refractivity contribution in [3.63, 3.8) is 0 Å². The van der Waals surface area contributed by atoms with Gasteiger partial charge in [0.2, 0.25) is 0 Å². The molecule has 77 heavy (non-hydrogen) atoms. The van der Waals surface area contributed by atoms with Crippen LogP contribution in [0, 0.1) is 21.4 Å². The molecule has 5 heterocycles. The number of carbonyl (C=O) groups excluding carboxylic acids is 1. The van der Waals surface area contributed by atoms with Crippen LogP contribution in [0.5, 0.6) is 17.2 Å². The third-order valence-electron chi connectivity index (χ3n) is 17.5. The Hall–Kier alpha value is -6.53. The molecule has 1 spiro atoms. The molecule has 3 aliphatic heterocycles. The first-order chi connectivity index (χ1) is 36.8. The number of piperidine rings is 1. The number of hydrogen-bond donors (Lipinski definition) is 4. The first kappa shape index (κ1) is 52.5. The number of piperazine rings is 1. The van der Waals surface area contributed by atoms with Gasteiger partial charge < -0.3 is 29.8 Å². The van der Waals surface area contributed by atoms with Crippen molar-refractivity contribution in [3.05, 3.63) is 141 Å². The molecule has 0 radical (unpaired) electrons. The Morgan fingerprint density at radius 3 is 2.49 bits per heavy atom. The number of carbonyl (C=O) groups is 1. The van der Waals surface area contributed by atoms with Crippen molar-refractivity contribution in [2.75, 3.05) is 56.1 Å². The van der Waals surface area contributed by atoms with Gasteiger partial charge in [-0.2, -0.15) is 0 Å². The second-order valence-corrected chi connectivity index (χ2v) is 25.6. The number of nitro groups is 1. The van der Waals surface area contributed by atoms with Gasteiger partial charge >= 0.3 is 0 Å². The quantitative estimate of drug-likeness (QED) is 0.0561. The zero-order valence-electron chi connectivity index (χ0n) is 44.9. The van der Waals surface area contributed by atoms with Crippen LogP contribution in [0.3, 0.4) is 0 Å². The lowest BCUT2D eigenvalue weighted by Gasteiger charge is -2.58. The van der Waals surface area contributed by atoms with Crippen LogP contribution in [0.2, 0.25) is 0 Å². The minimum atomic E-state index is -4.59. The second-order valence-electron chi connectivity index (χ2n) is 23.9. The number of rotatable bonds is 15. The Bertz CT molecular complexity index is 3290. The van der Waals surface area contributed by atoms with Crippen molar-refractivity contribution < 1.29 is 32.7 Å². The van der Waals surface area contributed by atoms with Gasteiger partial charge in [0.25, 0.3) is 21.6 Å². The van der Waals surface area contributed by atoms with Crippen LogP contribution in [0.15, 0.2) is 108 Å². The molecular formula is C60H72N8O8S. The molecule has 11 rings (SSSR count). The summed E-state index contributed by atoms with van der Waals surface area (Å²) in [6.45, 7) is 17.5. The van der Waals surface area contributed by atoms with E-state index in [-0.39, 0.29) is 39.8 Å². The Labute approximate surface area is 451 Å². The number of nitrogens with one attached hydrogen (secondary N) is 3. The van der Waals surface area contributed by atoms with Gasteiger partial charge in [0.15, 0.2) is 0 Å². The maximum Gasteiger partial charge on any atom is 0.293 e. The fourth-order valence-corrected chi connectivity index (χ4v) is 13.9. The molecule has 2 saturated heterocycles. The predicted octanol–water partition coefficient (Wildman–Crippen LogP) is 10.8. The summed E-state index contributed by atoms with van der Waals surface area (Å²) in [5.74, 6) is 1.19. The summed E-state index contributed by atoms with van der Waals surface area (Å²) in [5.41, 5.74) is 6.22. The molecule has 5 aliphatic rings. The van der Waals surface area contributed by atoms with Crippen molar-refractivity contribution in [2.24, 2.45) is 11.3 Å².